The van der Waals surface area contributed by atoms with Gasteiger partial charge in [0.25, 0.3) is 5.91 Å². The van der Waals surface area contributed by atoms with E-state index < -0.39 is 12.1 Å². The molecule has 0 heterocycles. The number of carbonyl (C=O) groups excluding carboxylic acids is 2. The number of hydrogen-bond donors (Lipinski definition) is 1. The van der Waals surface area contributed by atoms with Gasteiger partial charge in [-0.1, -0.05) is 46.3 Å². The summed E-state index contributed by atoms with van der Waals surface area (Å²) in [4.78, 5) is 24.0. The van der Waals surface area contributed by atoms with Crippen LogP contribution in [0.15, 0.2) is 59.1 Å². The maximum atomic E-state index is 12.1. The molecule has 5 nitrogen and oxygen atoms in total. The maximum absolute atomic E-state index is 12.1. The van der Waals surface area contributed by atoms with Crippen molar-refractivity contribution < 1.29 is 19.1 Å². The van der Waals surface area contributed by atoms with Crippen LogP contribution >= 0.6 is 15.9 Å². The van der Waals surface area contributed by atoms with Crippen LogP contribution in [0.1, 0.15) is 25.5 Å². The zero-order valence-electron chi connectivity index (χ0n) is 14.1. The lowest BCUT2D eigenvalue weighted by Gasteiger charge is -2.18. The molecule has 1 amide bonds. The summed E-state index contributed by atoms with van der Waals surface area (Å²) in [5.74, 6) is -0.402. The average Bonchev–Trinajstić information content (AvgIpc) is 2.61. The van der Waals surface area contributed by atoms with Crippen LogP contribution in [0.3, 0.4) is 0 Å². The fourth-order valence-electron chi connectivity index (χ4n) is 2.11. The van der Waals surface area contributed by atoms with E-state index in [1.165, 1.54) is 6.92 Å². The van der Waals surface area contributed by atoms with E-state index in [-0.39, 0.29) is 18.6 Å². The summed E-state index contributed by atoms with van der Waals surface area (Å²) in [6, 6.07) is 16.5. The van der Waals surface area contributed by atoms with Crippen molar-refractivity contribution in [2.75, 3.05) is 6.61 Å². The molecule has 132 valence electrons. The molecule has 2 atom stereocenters. The van der Waals surface area contributed by atoms with Crippen molar-refractivity contribution in [3.63, 3.8) is 0 Å². The Hall–Kier alpha value is -2.34. The van der Waals surface area contributed by atoms with Gasteiger partial charge in [0.05, 0.1) is 6.04 Å². The fraction of sp³-hybridized carbons (Fsp3) is 0.263. The molecule has 25 heavy (non-hydrogen) atoms. The highest BCUT2D eigenvalue weighted by atomic mass is 79.9. The molecule has 2 unspecified atom stereocenters. The maximum Gasteiger partial charge on any atom is 0.344 e. The molecule has 0 radical (unpaired) electrons. The van der Waals surface area contributed by atoms with Crippen molar-refractivity contribution in [3.05, 3.63) is 64.6 Å². The number of ether oxygens (including phenoxy) is 2. The molecule has 2 aromatic rings. The SMILES string of the molecule is CC(OC(=O)COc1ccc(Br)cc1)C(=O)NC(C)c1ccccc1. The van der Waals surface area contributed by atoms with Gasteiger partial charge < -0.3 is 14.8 Å². The molecule has 2 aromatic carbocycles. The summed E-state index contributed by atoms with van der Waals surface area (Å²) in [5, 5.41) is 2.82. The highest BCUT2D eigenvalue weighted by Crippen LogP contribution is 2.16. The first kappa shape index (κ1) is 19.0. The molecule has 0 saturated carbocycles. The van der Waals surface area contributed by atoms with Crippen molar-refractivity contribution in [1.29, 1.82) is 0 Å². The topological polar surface area (TPSA) is 64.6 Å². The minimum atomic E-state index is -0.896. The van der Waals surface area contributed by atoms with E-state index >= 15 is 0 Å². The molecule has 0 fully saturated rings. The Balaban J connectivity index is 1.77. The van der Waals surface area contributed by atoms with Gasteiger partial charge in [-0.3, -0.25) is 4.79 Å². The summed E-state index contributed by atoms with van der Waals surface area (Å²) < 4.78 is 11.4. The first-order valence-corrected chi connectivity index (χ1v) is 8.68. The molecule has 6 heteroatoms. The van der Waals surface area contributed by atoms with Crippen LogP contribution in [0, 0.1) is 0 Å². The van der Waals surface area contributed by atoms with Gasteiger partial charge in [0.2, 0.25) is 0 Å². The van der Waals surface area contributed by atoms with Crippen LogP contribution in [0.2, 0.25) is 0 Å². The highest BCUT2D eigenvalue weighted by Gasteiger charge is 2.20. The number of nitrogens with one attached hydrogen (secondary N) is 1. The van der Waals surface area contributed by atoms with Gasteiger partial charge in [-0.2, -0.15) is 0 Å². The molecule has 0 bridgehead atoms. The van der Waals surface area contributed by atoms with Crippen molar-refractivity contribution in [2.24, 2.45) is 0 Å². The molecule has 1 N–H and O–H groups in total. The average molecular weight is 406 g/mol. The zero-order valence-corrected chi connectivity index (χ0v) is 15.7. The third kappa shape index (κ3) is 6.23. The Kier molecular flexibility index (Phi) is 7.01. The number of carbonyl (C=O) groups is 2. The number of hydrogen-bond acceptors (Lipinski definition) is 4. The van der Waals surface area contributed by atoms with E-state index in [0.29, 0.717) is 5.75 Å². The molecule has 0 spiro atoms. The molecule has 0 aliphatic rings. The predicted octanol–water partition coefficient (Wildman–Crippen LogP) is 3.64. The zero-order chi connectivity index (χ0) is 18.2. The van der Waals surface area contributed by atoms with Crippen LogP contribution in [0.4, 0.5) is 0 Å². The number of amides is 1. The lowest BCUT2D eigenvalue weighted by Crippen LogP contribution is -2.38. The molecule has 0 aromatic heterocycles. The Labute approximate surface area is 155 Å². The number of rotatable bonds is 7. The lowest BCUT2D eigenvalue weighted by atomic mass is 10.1. The quantitative estimate of drug-likeness (QED) is 0.714. The highest BCUT2D eigenvalue weighted by molar-refractivity contribution is 9.10. The summed E-state index contributed by atoms with van der Waals surface area (Å²) in [6.07, 6.45) is -0.896. The third-order valence-electron chi connectivity index (χ3n) is 3.51. The van der Waals surface area contributed by atoms with E-state index in [9.17, 15) is 9.59 Å². The largest absolute Gasteiger partial charge is 0.482 e. The van der Waals surface area contributed by atoms with E-state index in [1.807, 2.05) is 49.4 Å². The molecule has 0 saturated heterocycles. The van der Waals surface area contributed by atoms with Gasteiger partial charge in [-0.05, 0) is 43.7 Å². The Morgan fingerprint density at radius 1 is 1.04 bits per heavy atom. The summed E-state index contributed by atoms with van der Waals surface area (Å²) in [5.41, 5.74) is 0.980. The third-order valence-corrected chi connectivity index (χ3v) is 4.03. The van der Waals surface area contributed by atoms with E-state index in [0.717, 1.165) is 10.0 Å². The Bertz CT molecular complexity index is 703. The van der Waals surface area contributed by atoms with Gasteiger partial charge in [-0.25, -0.2) is 4.79 Å². The van der Waals surface area contributed by atoms with Crippen LogP contribution in [-0.4, -0.2) is 24.6 Å². The van der Waals surface area contributed by atoms with Gasteiger partial charge in [0, 0.05) is 4.47 Å². The monoisotopic (exact) mass is 405 g/mol. The lowest BCUT2D eigenvalue weighted by molar-refractivity contribution is -0.156. The van der Waals surface area contributed by atoms with Gasteiger partial charge >= 0.3 is 5.97 Å². The second-order valence-corrected chi connectivity index (χ2v) is 6.43. The number of benzene rings is 2. The van der Waals surface area contributed by atoms with Crippen LogP contribution in [0.5, 0.6) is 5.75 Å². The minimum absolute atomic E-state index is 0.172. The van der Waals surface area contributed by atoms with Gasteiger partial charge in [0.1, 0.15) is 5.75 Å². The van der Waals surface area contributed by atoms with Crippen molar-refractivity contribution >= 4 is 27.8 Å². The molecule has 2 rings (SSSR count). The normalized spacial score (nSPS) is 12.8. The number of esters is 1. The van der Waals surface area contributed by atoms with Gasteiger partial charge in [0.15, 0.2) is 12.7 Å². The number of halogens is 1. The van der Waals surface area contributed by atoms with Crippen LogP contribution in [0.25, 0.3) is 0 Å². The Morgan fingerprint density at radius 2 is 1.68 bits per heavy atom. The second kappa shape index (κ2) is 9.22. The first-order chi connectivity index (χ1) is 12.0. The molecule has 0 aliphatic heterocycles. The molecular weight excluding hydrogens is 386 g/mol. The molecular formula is C19H20BrNO4. The summed E-state index contributed by atoms with van der Waals surface area (Å²) >= 11 is 3.32. The minimum Gasteiger partial charge on any atom is -0.482 e. The van der Waals surface area contributed by atoms with Crippen molar-refractivity contribution in [3.8, 4) is 5.75 Å². The van der Waals surface area contributed by atoms with E-state index in [4.69, 9.17) is 9.47 Å². The Morgan fingerprint density at radius 3 is 2.32 bits per heavy atom. The van der Waals surface area contributed by atoms with Crippen molar-refractivity contribution in [1.82, 2.24) is 5.32 Å². The fourth-order valence-corrected chi connectivity index (χ4v) is 2.38. The standard InChI is InChI=1S/C19H20BrNO4/c1-13(15-6-4-3-5-7-15)21-19(23)14(2)25-18(22)12-24-17-10-8-16(20)9-11-17/h3-11,13-14H,12H2,1-2H3,(H,21,23). The predicted molar refractivity (Wildman–Crippen MR) is 98.2 cm³/mol. The van der Waals surface area contributed by atoms with E-state index in [2.05, 4.69) is 21.2 Å². The summed E-state index contributed by atoms with van der Waals surface area (Å²) in [6.45, 7) is 3.15. The molecule has 0 aliphatic carbocycles. The van der Waals surface area contributed by atoms with Crippen molar-refractivity contribution in [2.45, 2.75) is 26.0 Å². The first-order valence-electron chi connectivity index (χ1n) is 7.89. The van der Waals surface area contributed by atoms with Crippen LogP contribution in [-0.2, 0) is 14.3 Å². The second-order valence-electron chi connectivity index (χ2n) is 5.52. The summed E-state index contributed by atoms with van der Waals surface area (Å²) in [7, 11) is 0. The van der Waals surface area contributed by atoms with E-state index in [1.54, 1.807) is 12.1 Å². The smallest absolute Gasteiger partial charge is 0.344 e. The van der Waals surface area contributed by atoms with Gasteiger partial charge in [-0.15, -0.1) is 0 Å². The van der Waals surface area contributed by atoms with Crippen LogP contribution < -0.4 is 10.1 Å².